The van der Waals surface area contributed by atoms with Gasteiger partial charge in [0, 0.05) is 25.1 Å². The summed E-state index contributed by atoms with van der Waals surface area (Å²) in [5.41, 5.74) is 1.53. The predicted octanol–water partition coefficient (Wildman–Crippen LogP) is 1.71. The largest absolute Gasteiger partial charge is 0.355 e. The lowest BCUT2D eigenvalue weighted by atomic mass is 10.1. The smallest absolute Gasteiger partial charge is 0.251 e. The second-order valence-electron chi connectivity index (χ2n) is 4.31. The number of rotatable bonds is 5. The Kier molecular flexibility index (Phi) is 5.36. The van der Waals surface area contributed by atoms with Crippen LogP contribution in [0.15, 0.2) is 24.3 Å². The molecule has 1 aromatic rings. The number of amides is 2. The predicted molar refractivity (Wildman–Crippen MR) is 71.1 cm³/mol. The molecule has 0 spiro atoms. The van der Waals surface area contributed by atoms with Crippen LogP contribution in [0.2, 0.25) is 0 Å². The van der Waals surface area contributed by atoms with Crippen molar-refractivity contribution >= 4 is 11.8 Å². The van der Waals surface area contributed by atoms with Crippen molar-refractivity contribution in [2.24, 2.45) is 5.92 Å². The molecule has 2 amide bonds. The Balaban J connectivity index is 2.63. The monoisotopic (exact) mass is 248 g/mol. The Labute approximate surface area is 108 Å². The highest BCUT2D eigenvalue weighted by molar-refractivity contribution is 5.94. The van der Waals surface area contributed by atoms with Gasteiger partial charge in [-0.3, -0.25) is 9.59 Å². The zero-order chi connectivity index (χ0) is 13.5. The molecule has 0 aliphatic heterocycles. The molecule has 0 aliphatic carbocycles. The van der Waals surface area contributed by atoms with Crippen LogP contribution in [0.1, 0.15) is 36.2 Å². The first-order valence-electron chi connectivity index (χ1n) is 6.17. The maximum Gasteiger partial charge on any atom is 0.251 e. The molecule has 18 heavy (non-hydrogen) atoms. The van der Waals surface area contributed by atoms with Crippen LogP contribution in [0.25, 0.3) is 0 Å². The number of carbonyl (C=O) groups is 2. The Morgan fingerprint density at radius 1 is 1.33 bits per heavy atom. The van der Waals surface area contributed by atoms with E-state index < -0.39 is 0 Å². The highest BCUT2D eigenvalue weighted by Gasteiger charge is 2.10. The molecular formula is C14H20N2O2. The van der Waals surface area contributed by atoms with E-state index in [9.17, 15) is 9.59 Å². The van der Waals surface area contributed by atoms with E-state index >= 15 is 0 Å². The average Bonchev–Trinajstić information content (AvgIpc) is 2.43. The molecule has 1 atom stereocenters. The number of nitrogens with one attached hydrogen (secondary N) is 2. The van der Waals surface area contributed by atoms with Crippen molar-refractivity contribution < 1.29 is 9.59 Å². The summed E-state index contributed by atoms with van der Waals surface area (Å²) in [6.45, 7) is 4.33. The Bertz CT molecular complexity index is 430. The van der Waals surface area contributed by atoms with Crippen molar-refractivity contribution in [3.05, 3.63) is 35.4 Å². The van der Waals surface area contributed by atoms with Crippen LogP contribution >= 0.6 is 0 Å². The topological polar surface area (TPSA) is 58.2 Å². The van der Waals surface area contributed by atoms with E-state index in [1.165, 1.54) is 0 Å². The Morgan fingerprint density at radius 3 is 2.67 bits per heavy atom. The SMILES string of the molecule is CCC(C)C(=O)NCc1cccc(C(=O)NC)c1. The molecule has 1 aromatic carbocycles. The van der Waals surface area contributed by atoms with E-state index in [0.29, 0.717) is 12.1 Å². The third kappa shape index (κ3) is 3.87. The van der Waals surface area contributed by atoms with Gasteiger partial charge >= 0.3 is 0 Å². The number of hydrogen-bond acceptors (Lipinski definition) is 2. The van der Waals surface area contributed by atoms with Crippen LogP contribution in [0.3, 0.4) is 0 Å². The first-order chi connectivity index (χ1) is 8.58. The molecule has 98 valence electrons. The van der Waals surface area contributed by atoms with Gasteiger partial charge in [-0.15, -0.1) is 0 Å². The summed E-state index contributed by atoms with van der Waals surface area (Å²) in [6, 6.07) is 7.24. The molecule has 0 aliphatic rings. The minimum Gasteiger partial charge on any atom is -0.355 e. The van der Waals surface area contributed by atoms with Gasteiger partial charge in [0.05, 0.1) is 0 Å². The molecule has 0 heterocycles. The molecular weight excluding hydrogens is 228 g/mol. The first-order valence-corrected chi connectivity index (χ1v) is 6.17. The fraction of sp³-hybridized carbons (Fsp3) is 0.429. The average molecular weight is 248 g/mol. The second kappa shape index (κ2) is 6.79. The van der Waals surface area contributed by atoms with Crippen molar-refractivity contribution in [3.63, 3.8) is 0 Å². The van der Waals surface area contributed by atoms with Crippen molar-refractivity contribution in [2.45, 2.75) is 26.8 Å². The van der Waals surface area contributed by atoms with E-state index in [1.54, 1.807) is 19.2 Å². The van der Waals surface area contributed by atoms with Crippen molar-refractivity contribution in [2.75, 3.05) is 7.05 Å². The van der Waals surface area contributed by atoms with Crippen LogP contribution < -0.4 is 10.6 Å². The van der Waals surface area contributed by atoms with Crippen molar-refractivity contribution in [1.29, 1.82) is 0 Å². The van der Waals surface area contributed by atoms with Crippen LogP contribution in [-0.4, -0.2) is 18.9 Å². The molecule has 0 fully saturated rings. The molecule has 0 radical (unpaired) electrons. The van der Waals surface area contributed by atoms with Crippen LogP contribution in [0.4, 0.5) is 0 Å². The number of hydrogen-bond donors (Lipinski definition) is 2. The molecule has 4 nitrogen and oxygen atoms in total. The van der Waals surface area contributed by atoms with Gasteiger partial charge < -0.3 is 10.6 Å². The zero-order valence-electron chi connectivity index (χ0n) is 11.1. The van der Waals surface area contributed by atoms with Gasteiger partial charge in [0.25, 0.3) is 5.91 Å². The molecule has 1 unspecified atom stereocenters. The third-order valence-electron chi connectivity index (χ3n) is 2.94. The first kappa shape index (κ1) is 14.2. The zero-order valence-corrected chi connectivity index (χ0v) is 11.1. The molecule has 2 N–H and O–H groups in total. The normalized spacial score (nSPS) is 11.7. The summed E-state index contributed by atoms with van der Waals surface area (Å²) in [5.74, 6) is -0.0555. The second-order valence-corrected chi connectivity index (χ2v) is 4.31. The van der Waals surface area contributed by atoms with E-state index in [4.69, 9.17) is 0 Å². The quantitative estimate of drug-likeness (QED) is 0.833. The van der Waals surface area contributed by atoms with Gasteiger partial charge in [-0.05, 0) is 24.1 Å². The Hall–Kier alpha value is -1.84. The van der Waals surface area contributed by atoms with Crippen molar-refractivity contribution in [3.8, 4) is 0 Å². The molecule has 0 aromatic heterocycles. The summed E-state index contributed by atoms with van der Waals surface area (Å²) in [5, 5.41) is 5.44. The maximum atomic E-state index is 11.6. The number of carbonyl (C=O) groups excluding carboxylic acids is 2. The summed E-state index contributed by atoms with van der Waals surface area (Å²) in [4.78, 5) is 23.1. The summed E-state index contributed by atoms with van der Waals surface area (Å²) < 4.78 is 0. The minimum absolute atomic E-state index is 0.0205. The van der Waals surface area contributed by atoms with Gasteiger partial charge in [0.2, 0.25) is 5.91 Å². The summed E-state index contributed by atoms with van der Waals surface area (Å²) in [6.07, 6.45) is 0.824. The van der Waals surface area contributed by atoms with Gasteiger partial charge in [0.15, 0.2) is 0 Å². The maximum absolute atomic E-state index is 11.6. The molecule has 1 rings (SSSR count). The van der Waals surface area contributed by atoms with Gasteiger partial charge in [0.1, 0.15) is 0 Å². The lowest BCUT2D eigenvalue weighted by Crippen LogP contribution is -2.28. The molecule has 4 heteroatoms. The van der Waals surface area contributed by atoms with Gasteiger partial charge in [-0.1, -0.05) is 26.0 Å². The number of benzene rings is 1. The van der Waals surface area contributed by atoms with Gasteiger partial charge in [-0.25, -0.2) is 0 Å². The standard InChI is InChI=1S/C14H20N2O2/c1-4-10(2)13(17)16-9-11-6-5-7-12(8-11)14(18)15-3/h5-8,10H,4,9H2,1-3H3,(H,15,18)(H,16,17). The fourth-order valence-electron chi connectivity index (χ4n) is 1.52. The van der Waals surface area contributed by atoms with E-state index in [0.717, 1.165) is 12.0 Å². The minimum atomic E-state index is -0.120. The Morgan fingerprint density at radius 2 is 2.06 bits per heavy atom. The fourth-order valence-corrected chi connectivity index (χ4v) is 1.52. The lowest BCUT2D eigenvalue weighted by Gasteiger charge is -2.10. The van der Waals surface area contributed by atoms with E-state index in [-0.39, 0.29) is 17.7 Å². The third-order valence-corrected chi connectivity index (χ3v) is 2.94. The molecule has 0 saturated carbocycles. The highest BCUT2D eigenvalue weighted by atomic mass is 16.2. The molecule has 0 bridgehead atoms. The summed E-state index contributed by atoms with van der Waals surface area (Å²) in [7, 11) is 1.60. The summed E-state index contributed by atoms with van der Waals surface area (Å²) >= 11 is 0. The van der Waals surface area contributed by atoms with Crippen LogP contribution in [0.5, 0.6) is 0 Å². The van der Waals surface area contributed by atoms with Crippen molar-refractivity contribution in [1.82, 2.24) is 10.6 Å². The van der Waals surface area contributed by atoms with E-state index in [1.807, 2.05) is 26.0 Å². The highest BCUT2D eigenvalue weighted by Crippen LogP contribution is 2.06. The van der Waals surface area contributed by atoms with E-state index in [2.05, 4.69) is 10.6 Å². The van der Waals surface area contributed by atoms with Crippen LogP contribution in [0, 0.1) is 5.92 Å². The lowest BCUT2D eigenvalue weighted by molar-refractivity contribution is -0.124. The van der Waals surface area contributed by atoms with Crippen LogP contribution in [-0.2, 0) is 11.3 Å². The van der Waals surface area contributed by atoms with Gasteiger partial charge in [-0.2, -0.15) is 0 Å². The molecule has 0 saturated heterocycles.